The Hall–Kier alpha value is -1.62. The molecule has 0 unspecified atom stereocenters. The number of amides is 2. The van der Waals surface area contributed by atoms with Crippen molar-refractivity contribution in [2.45, 2.75) is 64.1 Å². The molecule has 128 valence electrons. The summed E-state index contributed by atoms with van der Waals surface area (Å²) in [7, 11) is 1.86. The minimum absolute atomic E-state index is 0.0199. The van der Waals surface area contributed by atoms with E-state index in [9.17, 15) is 4.79 Å². The normalized spacial score (nSPS) is 20.0. The van der Waals surface area contributed by atoms with E-state index < -0.39 is 0 Å². The summed E-state index contributed by atoms with van der Waals surface area (Å²) < 4.78 is 5.64. The van der Waals surface area contributed by atoms with E-state index in [1.807, 2.05) is 19.2 Å². The Balaban J connectivity index is 1.82. The van der Waals surface area contributed by atoms with Crippen molar-refractivity contribution in [2.75, 3.05) is 13.7 Å². The molecule has 1 aliphatic rings. The number of pyridine rings is 1. The molecule has 3 atom stereocenters. The first-order chi connectivity index (χ1) is 11.1. The van der Waals surface area contributed by atoms with E-state index >= 15 is 0 Å². The Bertz CT molecular complexity index is 474. The van der Waals surface area contributed by atoms with Crippen LogP contribution in [-0.4, -0.2) is 41.7 Å². The number of nitrogens with one attached hydrogen (secondary N) is 1. The fourth-order valence-electron chi connectivity index (χ4n) is 3.15. The van der Waals surface area contributed by atoms with Crippen molar-refractivity contribution in [1.29, 1.82) is 0 Å². The van der Waals surface area contributed by atoms with E-state index in [-0.39, 0.29) is 18.1 Å². The van der Waals surface area contributed by atoms with Gasteiger partial charge in [-0.2, -0.15) is 0 Å². The largest absolute Gasteiger partial charge is 0.378 e. The fourth-order valence-corrected chi connectivity index (χ4v) is 3.15. The van der Waals surface area contributed by atoms with Crippen molar-refractivity contribution in [2.24, 2.45) is 0 Å². The number of hydrogen-bond donors (Lipinski definition) is 1. The Morgan fingerprint density at radius 2 is 2.22 bits per heavy atom. The van der Waals surface area contributed by atoms with Crippen LogP contribution in [0.2, 0.25) is 0 Å². The van der Waals surface area contributed by atoms with E-state index in [4.69, 9.17) is 4.74 Å². The second-order valence-corrected chi connectivity index (χ2v) is 6.38. The summed E-state index contributed by atoms with van der Waals surface area (Å²) in [5.41, 5.74) is 1.12. The van der Waals surface area contributed by atoms with Gasteiger partial charge in [0.25, 0.3) is 0 Å². The van der Waals surface area contributed by atoms with Gasteiger partial charge in [-0.3, -0.25) is 4.98 Å². The summed E-state index contributed by atoms with van der Waals surface area (Å²) in [4.78, 5) is 18.3. The van der Waals surface area contributed by atoms with E-state index in [1.165, 1.54) is 0 Å². The topological polar surface area (TPSA) is 54.5 Å². The van der Waals surface area contributed by atoms with E-state index in [0.29, 0.717) is 6.10 Å². The molecule has 0 spiro atoms. The molecule has 1 aromatic heterocycles. The van der Waals surface area contributed by atoms with Crippen LogP contribution in [0.1, 0.15) is 57.6 Å². The van der Waals surface area contributed by atoms with Crippen LogP contribution in [0.15, 0.2) is 24.5 Å². The second-order valence-electron chi connectivity index (χ2n) is 6.38. The molecule has 0 aromatic carbocycles. The number of carbonyl (C=O) groups is 1. The van der Waals surface area contributed by atoms with Crippen molar-refractivity contribution >= 4 is 6.03 Å². The van der Waals surface area contributed by atoms with E-state index in [0.717, 1.165) is 44.3 Å². The molecule has 2 rings (SSSR count). The van der Waals surface area contributed by atoms with Crippen LogP contribution in [0.4, 0.5) is 4.79 Å². The summed E-state index contributed by atoms with van der Waals surface area (Å²) in [5.74, 6) is 0. The van der Waals surface area contributed by atoms with E-state index in [2.05, 4.69) is 24.1 Å². The van der Waals surface area contributed by atoms with Crippen molar-refractivity contribution in [3.63, 3.8) is 0 Å². The fraction of sp³-hybridized carbons (Fsp3) is 0.667. The molecule has 0 saturated carbocycles. The lowest BCUT2D eigenvalue weighted by Crippen LogP contribution is -2.43. The Labute approximate surface area is 139 Å². The van der Waals surface area contributed by atoms with E-state index in [1.54, 1.807) is 17.3 Å². The molecule has 1 aromatic rings. The molecule has 1 aliphatic heterocycles. The second kappa shape index (κ2) is 8.87. The zero-order valence-corrected chi connectivity index (χ0v) is 14.5. The van der Waals surface area contributed by atoms with Gasteiger partial charge in [0, 0.05) is 32.1 Å². The predicted octanol–water partition coefficient (Wildman–Crippen LogP) is 3.52. The minimum Gasteiger partial charge on any atom is -0.378 e. The van der Waals surface area contributed by atoms with Crippen LogP contribution in [0.25, 0.3) is 0 Å². The van der Waals surface area contributed by atoms with Gasteiger partial charge in [0.1, 0.15) is 0 Å². The summed E-state index contributed by atoms with van der Waals surface area (Å²) in [6, 6.07) is 4.15. The lowest BCUT2D eigenvalue weighted by Gasteiger charge is -2.29. The van der Waals surface area contributed by atoms with Crippen molar-refractivity contribution < 1.29 is 9.53 Å². The van der Waals surface area contributed by atoms with Gasteiger partial charge in [-0.15, -0.1) is 0 Å². The van der Waals surface area contributed by atoms with Gasteiger partial charge >= 0.3 is 6.03 Å². The van der Waals surface area contributed by atoms with Gasteiger partial charge in [-0.05, 0) is 56.7 Å². The van der Waals surface area contributed by atoms with Gasteiger partial charge in [0.2, 0.25) is 0 Å². The maximum absolute atomic E-state index is 12.5. The molecular formula is C18H29N3O2. The van der Waals surface area contributed by atoms with Gasteiger partial charge in [0.05, 0.1) is 12.1 Å². The molecular weight excluding hydrogens is 290 g/mol. The van der Waals surface area contributed by atoms with Crippen LogP contribution >= 0.6 is 0 Å². The Morgan fingerprint density at radius 3 is 2.83 bits per heavy atom. The van der Waals surface area contributed by atoms with Crippen molar-refractivity contribution in [3.8, 4) is 0 Å². The molecule has 1 fully saturated rings. The highest BCUT2D eigenvalue weighted by molar-refractivity contribution is 5.74. The lowest BCUT2D eigenvalue weighted by molar-refractivity contribution is 0.0998. The van der Waals surface area contributed by atoms with Crippen LogP contribution < -0.4 is 5.32 Å². The highest BCUT2D eigenvalue weighted by Gasteiger charge is 2.22. The molecule has 0 radical (unpaired) electrons. The first-order valence-corrected chi connectivity index (χ1v) is 8.66. The average molecular weight is 319 g/mol. The van der Waals surface area contributed by atoms with Crippen LogP contribution in [0.5, 0.6) is 0 Å². The van der Waals surface area contributed by atoms with Crippen molar-refractivity contribution in [3.05, 3.63) is 30.1 Å². The van der Waals surface area contributed by atoms with Gasteiger partial charge in [-0.1, -0.05) is 6.92 Å². The maximum atomic E-state index is 12.5. The molecule has 23 heavy (non-hydrogen) atoms. The summed E-state index contributed by atoms with van der Waals surface area (Å²) in [6.07, 6.45) is 9.09. The average Bonchev–Trinajstić information content (AvgIpc) is 3.08. The SMILES string of the molecule is CC[C@H](c1ccncc1)N(C)C(=O)N[C@H](C)CC[C@@H]1CCCO1. The third-order valence-corrected chi connectivity index (χ3v) is 4.58. The standard InChI is InChI=1S/C18H29N3O2/c1-4-17(15-9-11-19-12-10-15)21(3)18(22)20-14(2)7-8-16-6-5-13-23-16/h9-12,14,16-17H,4-8,13H2,1-3H3,(H,20,22)/t14-,16+,17-/m1/s1. The van der Waals surface area contributed by atoms with Gasteiger partial charge in [0.15, 0.2) is 0 Å². The predicted molar refractivity (Wildman–Crippen MR) is 91.2 cm³/mol. The molecule has 1 saturated heterocycles. The smallest absolute Gasteiger partial charge is 0.317 e. The van der Waals surface area contributed by atoms with Gasteiger partial charge in [-0.25, -0.2) is 4.79 Å². The molecule has 5 nitrogen and oxygen atoms in total. The molecule has 2 heterocycles. The number of carbonyl (C=O) groups excluding carboxylic acids is 1. The van der Waals surface area contributed by atoms with Crippen LogP contribution in [-0.2, 0) is 4.74 Å². The lowest BCUT2D eigenvalue weighted by atomic mass is 10.0. The van der Waals surface area contributed by atoms with Crippen LogP contribution in [0.3, 0.4) is 0 Å². The highest BCUT2D eigenvalue weighted by Crippen LogP contribution is 2.22. The maximum Gasteiger partial charge on any atom is 0.317 e. The number of ether oxygens (including phenoxy) is 1. The minimum atomic E-state index is -0.0199. The van der Waals surface area contributed by atoms with Crippen molar-refractivity contribution in [1.82, 2.24) is 15.2 Å². The highest BCUT2D eigenvalue weighted by atomic mass is 16.5. The first-order valence-electron chi connectivity index (χ1n) is 8.66. The third kappa shape index (κ3) is 5.20. The Kier molecular flexibility index (Phi) is 6.84. The molecule has 2 amide bonds. The molecule has 0 aliphatic carbocycles. The number of urea groups is 1. The first kappa shape index (κ1) is 17.7. The molecule has 5 heteroatoms. The number of aromatic nitrogens is 1. The third-order valence-electron chi connectivity index (χ3n) is 4.58. The quantitative estimate of drug-likeness (QED) is 0.836. The van der Waals surface area contributed by atoms with Crippen LogP contribution in [0, 0.1) is 0 Å². The zero-order valence-electron chi connectivity index (χ0n) is 14.5. The monoisotopic (exact) mass is 319 g/mol. The summed E-state index contributed by atoms with van der Waals surface area (Å²) >= 11 is 0. The van der Waals surface area contributed by atoms with Gasteiger partial charge < -0.3 is 15.0 Å². The zero-order chi connectivity index (χ0) is 16.7. The number of nitrogens with zero attached hydrogens (tertiary/aromatic N) is 2. The number of rotatable bonds is 7. The summed E-state index contributed by atoms with van der Waals surface area (Å²) in [6.45, 7) is 5.04. The summed E-state index contributed by atoms with van der Waals surface area (Å²) in [5, 5.41) is 3.10. The molecule has 0 bridgehead atoms. The number of hydrogen-bond acceptors (Lipinski definition) is 3. The molecule has 1 N–H and O–H groups in total. The Morgan fingerprint density at radius 1 is 1.48 bits per heavy atom.